The second-order valence-electron chi connectivity index (χ2n) is 3.10. The number of aliphatic hydroxyl groups is 1. The Hall–Kier alpha value is 0.270. The van der Waals surface area contributed by atoms with Gasteiger partial charge in [0, 0.05) is 13.1 Å². The van der Waals surface area contributed by atoms with Crippen molar-refractivity contribution in [2.24, 2.45) is 0 Å². The lowest BCUT2D eigenvalue weighted by Crippen LogP contribution is -2.39. The van der Waals surface area contributed by atoms with Crippen LogP contribution in [0.5, 0.6) is 0 Å². The molecule has 1 rings (SSSR count). The van der Waals surface area contributed by atoms with Crippen molar-refractivity contribution in [3.05, 3.63) is 0 Å². The van der Waals surface area contributed by atoms with E-state index in [2.05, 4.69) is 18.1 Å². The summed E-state index contributed by atoms with van der Waals surface area (Å²) >= 11 is 1.88. The molecular formula is C8H17NOS. The number of thioether (sulfide) groups is 1. The molecule has 1 N–H and O–H groups in total. The molecule has 0 saturated carbocycles. The highest BCUT2D eigenvalue weighted by atomic mass is 32.2. The van der Waals surface area contributed by atoms with Gasteiger partial charge in [-0.15, -0.1) is 11.8 Å². The fourth-order valence-electron chi connectivity index (χ4n) is 1.40. The predicted molar refractivity (Wildman–Crippen MR) is 49.8 cm³/mol. The lowest BCUT2D eigenvalue weighted by molar-refractivity contribution is 0.0802. The van der Waals surface area contributed by atoms with Gasteiger partial charge in [-0.1, -0.05) is 0 Å². The topological polar surface area (TPSA) is 23.5 Å². The number of nitrogens with zero attached hydrogens (tertiary/aromatic N) is 1. The Kier molecular flexibility index (Phi) is 3.69. The van der Waals surface area contributed by atoms with Crippen LogP contribution in [0.1, 0.15) is 19.8 Å². The number of rotatable bonds is 2. The fraction of sp³-hybridized carbons (Fsp3) is 1.00. The Morgan fingerprint density at radius 2 is 2.00 bits per heavy atom. The van der Waals surface area contributed by atoms with E-state index in [0.717, 1.165) is 25.9 Å². The van der Waals surface area contributed by atoms with Crippen LogP contribution in [-0.4, -0.2) is 40.8 Å². The Balaban J connectivity index is 2.27. The minimum atomic E-state index is -0.0414. The molecule has 0 aromatic heterocycles. The SMILES string of the molecule is CS[C@H](C)N1CCC(O)CC1. The van der Waals surface area contributed by atoms with Crippen LogP contribution in [0.2, 0.25) is 0 Å². The molecule has 0 aromatic rings. The van der Waals surface area contributed by atoms with E-state index in [4.69, 9.17) is 0 Å². The average molecular weight is 175 g/mol. The Labute approximate surface area is 73.0 Å². The second kappa shape index (κ2) is 4.33. The average Bonchev–Trinajstić information content (AvgIpc) is 2.05. The number of piperidine rings is 1. The summed E-state index contributed by atoms with van der Waals surface area (Å²) in [5.41, 5.74) is 0. The van der Waals surface area contributed by atoms with Crippen molar-refractivity contribution in [3.63, 3.8) is 0 Å². The van der Waals surface area contributed by atoms with Crippen molar-refractivity contribution in [3.8, 4) is 0 Å². The van der Waals surface area contributed by atoms with Crippen LogP contribution in [0.3, 0.4) is 0 Å². The van der Waals surface area contributed by atoms with Crippen molar-refractivity contribution < 1.29 is 5.11 Å². The van der Waals surface area contributed by atoms with E-state index in [1.54, 1.807) is 0 Å². The first-order valence-corrected chi connectivity index (χ1v) is 5.47. The van der Waals surface area contributed by atoms with E-state index < -0.39 is 0 Å². The Bertz CT molecular complexity index is 113. The molecule has 1 aliphatic rings. The van der Waals surface area contributed by atoms with Gasteiger partial charge in [-0.2, -0.15) is 0 Å². The maximum absolute atomic E-state index is 9.25. The molecule has 1 saturated heterocycles. The summed E-state index contributed by atoms with van der Waals surface area (Å²) in [6.45, 7) is 4.34. The molecule has 66 valence electrons. The molecule has 1 atom stereocenters. The largest absolute Gasteiger partial charge is 0.393 e. The van der Waals surface area contributed by atoms with Gasteiger partial charge in [-0.3, -0.25) is 4.90 Å². The highest BCUT2D eigenvalue weighted by Gasteiger charge is 2.19. The van der Waals surface area contributed by atoms with Gasteiger partial charge in [-0.05, 0) is 26.0 Å². The maximum atomic E-state index is 9.25. The highest BCUT2D eigenvalue weighted by molar-refractivity contribution is 7.99. The number of aliphatic hydroxyl groups excluding tert-OH is 1. The molecule has 0 aromatic carbocycles. The number of hydrogen-bond donors (Lipinski definition) is 1. The van der Waals surface area contributed by atoms with Crippen LogP contribution in [0, 0.1) is 0 Å². The number of hydrogen-bond acceptors (Lipinski definition) is 3. The van der Waals surface area contributed by atoms with E-state index in [9.17, 15) is 5.11 Å². The van der Waals surface area contributed by atoms with E-state index in [1.165, 1.54) is 0 Å². The molecule has 1 heterocycles. The second-order valence-corrected chi connectivity index (χ2v) is 4.26. The molecular weight excluding hydrogens is 158 g/mol. The van der Waals surface area contributed by atoms with Crippen LogP contribution in [0.25, 0.3) is 0 Å². The van der Waals surface area contributed by atoms with Crippen LogP contribution in [0.15, 0.2) is 0 Å². The third-order valence-electron chi connectivity index (χ3n) is 2.35. The molecule has 1 aliphatic heterocycles. The third-order valence-corrected chi connectivity index (χ3v) is 3.33. The first-order chi connectivity index (χ1) is 5.24. The van der Waals surface area contributed by atoms with Crippen molar-refractivity contribution in [2.75, 3.05) is 19.3 Å². The van der Waals surface area contributed by atoms with Gasteiger partial charge < -0.3 is 5.11 Å². The first kappa shape index (κ1) is 9.36. The predicted octanol–water partition coefficient (Wildman–Crippen LogP) is 1.15. The van der Waals surface area contributed by atoms with E-state index in [-0.39, 0.29) is 6.10 Å². The van der Waals surface area contributed by atoms with E-state index >= 15 is 0 Å². The van der Waals surface area contributed by atoms with Gasteiger partial charge in [0.1, 0.15) is 0 Å². The van der Waals surface area contributed by atoms with Crippen molar-refractivity contribution in [1.29, 1.82) is 0 Å². The smallest absolute Gasteiger partial charge is 0.0564 e. The zero-order valence-electron chi connectivity index (χ0n) is 7.29. The Morgan fingerprint density at radius 3 is 2.45 bits per heavy atom. The Morgan fingerprint density at radius 1 is 1.45 bits per heavy atom. The summed E-state index contributed by atoms with van der Waals surface area (Å²) in [5, 5.41) is 9.86. The molecule has 11 heavy (non-hydrogen) atoms. The quantitative estimate of drug-likeness (QED) is 0.681. The summed E-state index contributed by atoms with van der Waals surface area (Å²) in [6.07, 6.45) is 3.99. The summed E-state index contributed by atoms with van der Waals surface area (Å²) < 4.78 is 0. The minimum Gasteiger partial charge on any atom is -0.393 e. The molecule has 0 aliphatic carbocycles. The third kappa shape index (κ3) is 2.65. The molecule has 0 unspecified atom stereocenters. The van der Waals surface area contributed by atoms with E-state index in [0.29, 0.717) is 5.37 Å². The zero-order valence-corrected chi connectivity index (χ0v) is 8.10. The lowest BCUT2D eigenvalue weighted by Gasteiger charge is -2.33. The summed E-state index contributed by atoms with van der Waals surface area (Å²) in [7, 11) is 0. The molecule has 0 amide bonds. The van der Waals surface area contributed by atoms with Gasteiger partial charge >= 0.3 is 0 Å². The monoisotopic (exact) mass is 175 g/mol. The molecule has 1 fully saturated rings. The summed E-state index contributed by atoms with van der Waals surface area (Å²) in [6, 6.07) is 0. The minimum absolute atomic E-state index is 0.0414. The number of likely N-dealkylation sites (tertiary alicyclic amines) is 1. The van der Waals surface area contributed by atoms with Crippen molar-refractivity contribution in [2.45, 2.75) is 31.2 Å². The van der Waals surface area contributed by atoms with Crippen LogP contribution < -0.4 is 0 Å². The van der Waals surface area contributed by atoms with Gasteiger partial charge in [0.2, 0.25) is 0 Å². The van der Waals surface area contributed by atoms with Gasteiger partial charge in [0.25, 0.3) is 0 Å². The molecule has 2 nitrogen and oxygen atoms in total. The van der Waals surface area contributed by atoms with Gasteiger partial charge in [-0.25, -0.2) is 0 Å². The van der Waals surface area contributed by atoms with Crippen LogP contribution >= 0.6 is 11.8 Å². The first-order valence-electron chi connectivity index (χ1n) is 4.19. The van der Waals surface area contributed by atoms with E-state index in [1.807, 2.05) is 11.8 Å². The standard InChI is InChI=1S/C8H17NOS/c1-7(11-2)9-5-3-8(10)4-6-9/h7-8,10H,3-6H2,1-2H3/t7-/m1/s1. The lowest BCUT2D eigenvalue weighted by atomic mass is 10.1. The normalized spacial score (nSPS) is 25.4. The maximum Gasteiger partial charge on any atom is 0.0564 e. The molecule has 0 spiro atoms. The van der Waals surface area contributed by atoms with Crippen molar-refractivity contribution >= 4 is 11.8 Å². The molecule has 0 bridgehead atoms. The highest BCUT2D eigenvalue weighted by Crippen LogP contribution is 2.17. The molecule has 3 heteroatoms. The van der Waals surface area contributed by atoms with Crippen LogP contribution in [0.4, 0.5) is 0 Å². The molecule has 0 radical (unpaired) electrons. The summed E-state index contributed by atoms with van der Waals surface area (Å²) in [4.78, 5) is 2.43. The van der Waals surface area contributed by atoms with Gasteiger partial charge in [0.15, 0.2) is 0 Å². The summed E-state index contributed by atoms with van der Waals surface area (Å²) in [5.74, 6) is 0. The van der Waals surface area contributed by atoms with Gasteiger partial charge in [0.05, 0.1) is 11.5 Å². The zero-order chi connectivity index (χ0) is 8.27. The fourth-order valence-corrected chi connectivity index (χ4v) is 1.91. The van der Waals surface area contributed by atoms with Crippen LogP contribution in [-0.2, 0) is 0 Å². The van der Waals surface area contributed by atoms with Crippen molar-refractivity contribution in [1.82, 2.24) is 4.90 Å².